The lowest BCUT2D eigenvalue weighted by molar-refractivity contribution is -0.885. The fourth-order valence-electron chi connectivity index (χ4n) is 3.13. The predicted molar refractivity (Wildman–Crippen MR) is 86.4 cm³/mol. The normalized spacial score (nSPS) is 23.1. The number of halogens is 2. The van der Waals surface area contributed by atoms with Gasteiger partial charge in [-0.25, -0.2) is 4.39 Å². The van der Waals surface area contributed by atoms with Crippen LogP contribution in [0.2, 0.25) is 5.02 Å². The summed E-state index contributed by atoms with van der Waals surface area (Å²) >= 11 is 6.03. The maximum Gasteiger partial charge on any atom is 0.275 e. The molecule has 0 aliphatic heterocycles. The summed E-state index contributed by atoms with van der Waals surface area (Å²) in [6, 6.07) is 4.95. The van der Waals surface area contributed by atoms with Gasteiger partial charge in [-0.05, 0) is 30.9 Å². The van der Waals surface area contributed by atoms with Gasteiger partial charge in [0.2, 0.25) is 0 Å². The smallest absolute Gasteiger partial charge is 0.275 e. The molecule has 1 aliphatic carbocycles. The number of amides is 1. The third-order valence-electron chi connectivity index (χ3n) is 4.46. The monoisotopic (exact) mass is 327 g/mol. The van der Waals surface area contributed by atoms with Crippen molar-refractivity contribution < 1.29 is 14.1 Å². The first kappa shape index (κ1) is 17.2. The number of likely N-dealkylation sites (N-methyl/N-ethyl adjacent to an activating group) is 1. The maximum absolute atomic E-state index is 13.8. The maximum atomic E-state index is 13.8. The fraction of sp³-hybridized carbons (Fsp3) is 0.588. The molecule has 1 aromatic carbocycles. The molecule has 3 atom stereocenters. The molecular weight excluding hydrogens is 303 g/mol. The molecule has 1 unspecified atom stereocenters. The summed E-state index contributed by atoms with van der Waals surface area (Å²) in [6.45, 7) is 2.92. The molecule has 0 aromatic heterocycles. The molecule has 1 amide bonds. The zero-order valence-electron chi connectivity index (χ0n) is 13.3. The molecule has 0 heterocycles. The van der Waals surface area contributed by atoms with Gasteiger partial charge in [-0.1, -0.05) is 37.4 Å². The van der Waals surface area contributed by atoms with E-state index >= 15 is 0 Å². The van der Waals surface area contributed by atoms with Crippen LogP contribution in [0.3, 0.4) is 0 Å². The second-order valence-corrected chi connectivity index (χ2v) is 6.85. The third kappa shape index (κ3) is 4.68. The molecule has 0 radical (unpaired) electrons. The number of benzene rings is 1. The van der Waals surface area contributed by atoms with Crippen LogP contribution in [0.5, 0.6) is 0 Å². The Morgan fingerprint density at radius 2 is 2.14 bits per heavy atom. The van der Waals surface area contributed by atoms with E-state index in [0.29, 0.717) is 29.6 Å². The topological polar surface area (TPSA) is 33.5 Å². The van der Waals surface area contributed by atoms with Crippen LogP contribution < -0.4 is 10.2 Å². The molecule has 2 N–H and O–H groups in total. The zero-order valence-corrected chi connectivity index (χ0v) is 14.0. The number of carbonyl (C=O) groups is 1. The number of nitrogens with one attached hydrogen (secondary N) is 2. The van der Waals surface area contributed by atoms with Crippen LogP contribution in [0.1, 0.15) is 38.2 Å². The summed E-state index contributed by atoms with van der Waals surface area (Å²) in [6.07, 6.45) is 4.68. The molecule has 1 aromatic rings. The van der Waals surface area contributed by atoms with Crippen LogP contribution in [-0.4, -0.2) is 25.5 Å². The number of quaternary nitrogens is 1. The molecule has 5 heteroatoms. The SMILES string of the molecule is C[C@@H]1CCCC[C@H]1NC(=O)C[NH+](C)Cc1c(F)cccc1Cl. The van der Waals surface area contributed by atoms with Crippen LogP contribution in [0, 0.1) is 11.7 Å². The first-order chi connectivity index (χ1) is 10.5. The van der Waals surface area contributed by atoms with Gasteiger partial charge >= 0.3 is 0 Å². The quantitative estimate of drug-likeness (QED) is 0.854. The second kappa shape index (κ2) is 7.93. The summed E-state index contributed by atoms with van der Waals surface area (Å²) in [5.41, 5.74) is 0.473. The third-order valence-corrected chi connectivity index (χ3v) is 4.81. The van der Waals surface area contributed by atoms with Gasteiger partial charge in [-0.3, -0.25) is 4.79 Å². The Labute approximate surface area is 136 Å². The number of hydrogen-bond donors (Lipinski definition) is 2. The molecule has 2 rings (SSSR count). The molecule has 0 bridgehead atoms. The van der Waals surface area contributed by atoms with Crippen molar-refractivity contribution in [2.75, 3.05) is 13.6 Å². The molecule has 1 saturated carbocycles. The van der Waals surface area contributed by atoms with Crippen molar-refractivity contribution >= 4 is 17.5 Å². The lowest BCUT2D eigenvalue weighted by Crippen LogP contribution is -3.09. The van der Waals surface area contributed by atoms with Crippen LogP contribution in [0.15, 0.2) is 18.2 Å². The molecule has 3 nitrogen and oxygen atoms in total. The zero-order chi connectivity index (χ0) is 16.1. The average molecular weight is 328 g/mol. The van der Waals surface area contributed by atoms with Gasteiger partial charge in [0.05, 0.1) is 17.6 Å². The first-order valence-corrected chi connectivity index (χ1v) is 8.38. The number of carbonyl (C=O) groups excluding carboxylic acids is 1. The average Bonchev–Trinajstić information content (AvgIpc) is 2.45. The molecule has 1 fully saturated rings. The lowest BCUT2D eigenvalue weighted by Gasteiger charge is -2.29. The number of rotatable bonds is 5. The summed E-state index contributed by atoms with van der Waals surface area (Å²) in [4.78, 5) is 13.1. The van der Waals surface area contributed by atoms with E-state index in [1.54, 1.807) is 12.1 Å². The van der Waals surface area contributed by atoms with Crippen molar-refractivity contribution in [1.82, 2.24) is 5.32 Å². The van der Waals surface area contributed by atoms with Gasteiger partial charge in [0.15, 0.2) is 6.54 Å². The summed E-state index contributed by atoms with van der Waals surface area (Å²) < 4.78 is 13.8. The molecular formula is C17H25ClFN2O+. The molecule has 0 spiro atoms. The molecule has 1 aliphatic rings. The van der Waals surface area contributed by atoms with Crippen LogP contribution in [-0.2, 0) is 11.3 Å². The first-order valence-electron chi connectivity index (χ1n) is 8.01. The van der Waals surface area contributed by atoms with E-state index in [4.69, 9.17) is 11.6 Å². The highest BCUT2D eigenvalue weighted by Gasteiger charge is 2.24. The molecule has 22 heavy (non-hydrogen) atoms. The fourth-order valence-corrected chi connectivity index (χ4v) is 3.36. The minimum atomic E-state index is -0.312. The van der Waals surface area contributed by atoms with E-state index in [-0.39, 0.29) is 17.8 Å². The standard InChI is InChI=1S/C17H24ClFN2O/c1-12-6-3-4-9-16(12)20-17(22)11-21(2)10-13-14(18)7-5-8-15(13)19/h5,7-8,12,16H,3-4,6,9-11H2,1-2H3,(H,20,22)/p+1/t12-,16-/m1/s1. The minimum Gasteiger partial charge on any atom is -0.348 e. The van der Waals surface area contributed by atoms with E-state index in [2.05, 4.69) is 12.2 Å². The Bertz CT molecular complexity index is 503. The van der Waals surface area contributed by atoms with Crippen LogP contribution >= 0.6 is 11.6 Å². The van der Waals surface area contributed by atoms with Gasteiger partial charge in [-0.15, -0.1) is 0 Å². The Balaban J connectivity index is 1.86. The van der Waals surface area contributed by atoms with Gasteiger partial charge < -0.3 is 10.2 Å². The summed E-state index contributed by atoms with van der Waals surface area (Å²) in [5, 5.41) is 3.55. The Hall–Kier alpha value is -1.13. The Morgan fingerprint density at radius 3 is 2.82 bits per heavy atom. The summed E-state index contributed by atoms with van der Waals surface area (Å²) in [5.74, 6) is 0.260. The van der Waals surface area contributed by atoms with Crippen molar-refractivity contribution in [2.24, 2.45) is 5.92 Å². The van der Waals surface area contributed by atoms with Crippen LogP contribution in [0.4, 0.5) is 4.39 Å². The van der Waals surface area contributed by atoms with E-state index in [9.17, 15) is 9.18 Å². The van der Waals surface area contributed by atoms with Gasteiger partial charge in [-0.2, -0.15) is 0 Å². The van der Waals surface area contributed by atoms with Crippen molar-refractivity contribution in [3.8, 4) is 0 Å². The highest BCUT2D eigenvalue weighted by atomic mass is 35.5. The van der Waals surface area contributed by atoms with Crippen molar-refractivity contribution in [3.63, 3.8) is 0 Å². The molecule has 122 valence electrons. The van der Waals surface area contributed by atoms with Crippen LogP contribution in [0.25, 0.3) is 0 Å². The highest BCUT2D eigenvalue weighted by Crippen LogP contribution is 2.23. The minimum absolute atomic E-state index is 0.0312. The van der Waals surface area contributed by atoms with E-state index in [1.165, 1.54) is 25.3 Å². The predicted octanol–water partition coefficient (Wildman–Crippen LogP) is 2.19. The second-order valence-electron chi connectivity index (χ2n) is 6.45. The van der Waals surface area contributed by atoms with Crippen molar-refractivity contribution in [1.29, 1.82) is 0 Å². The Morgan fingerprint density at radius 1 is 1.41 bits per heavy atom. The van der Waals surface area contributed by atoms with E-state index in [0.717, 1.165) is 11.3 Å². The number of hydrogen-bond acceptors (Lipinski definition) is 1. The highest BCUT2D eigenvalue weighted by molar-refractivity contribution is 6.31. The van der Waals surface area contributed by atoms with E-state index in [1.807, 2.05) is 7.05 Å². The largest absolute Gasteiger partial charge is 0.348 e. The van der Waals surface area contributed by atoms with E-state index < -0.39 is 0 Å². The van der Waals surface area contributed by atoms with Crippen molar-refractivity contribution in [3.05, 3.63) is 34.6 Å². The molecule has 0 saturated heterocycles. The van der Waals surface area contributed by atoms with Crippen molar-refractivity contribution in [2.45, 2.75) is 45.2 Å². The van der Waals surface area contributed by atoms with Gasteiger partial charge in [0.25, 0.3) is 5.91 Å². The van der Waals surface area contributed by atoms with Gasteiger partial charge in [0.1, 0.15) is 12.4 Å². The Kier molecular flexibility index (Phi) is 6.21. The lowest BCUT2D eigenvalue weighted by atomic mass is 9.86. The summed E-state index contributed by atoms with van der Waals surface area (Å²) in [7, 11) is 1.88. The van der Waals surface area contributed by atoms with Gasteiger partial charge in [0, 0.05) is 6.04 Å².